The van der Waals surface area contributed by atoms with E-state index in [-0.39, 0.29) is 24.2 Å². The van der Waals surface area contributed by atoms with Crippen LogP contribution in [0.2, 0.25) is 0 Å². The lowest BCUT2D eigenvalue weighted by molar-refractivity contribution is -0.137. The maximum Gasteiger partial charge on any atom is 0.475 e. The van der Waals surface area contributed by atoms with Gasteiger partial charge in [0.15, 0.2) is 0 Å². The van der Waals surface area contributed by atoms with Crippen LogP contribution in [0.1, 0.15) is 43.4 Å². The molecule has 2 amide bonds. The van der Waals surface area contributed by atoms with Crippen LogP contribution >= 0.6 is 0 Å². The average Bonchev–Trinajstić information content (AvgIpc) is 2.78. The highest BCUT2D eigenvalue weighted by atomic mass is 16.4. The maximum absolute atomic E-state index is 13.2. The zero-order valence-corrected chi connectivity index (χ0v) is 18.9. The molecule has 1 aliphatic heterocycles. The SMILES string of the molecule is CC(C)C[C@H](NC(=O)[C@@H](CC(=O)N1CCc2ccccc2C1)Cc1ccccc1)B(O)O. The second-order valence-corrected chi connectivity index (χ2v) is 9.08. The van der Waals surface area contributed by atoms with Crippen LogP contribution in [0.15, 0.2) is 54.6 Å². The van der Waals surface area contributed by atoms with E-state index in [2.05, 4.69) is 11.4 Å². The van der Waals surface area contributed by atoms with E-state index in [1.807, 2.05) is 67.3 Å². The van der Waals surface area contributed by atoms with Crippen molar-refractivity contribution in [3.8, 4) is 0 Å². The van der Waals surface area contributed by atoms with Crippen molar-refractivity contribution in [2.24, 2.45) is 11.8 Å². The number of fused-ring (bicyclic) bond motifs is 1. The zero-order chi connectivity index (χ0) is 23.1. The van der Waals surface area contributed by atoms with Crippen molar-refractivity contribution in [1.29, 1.82) is 0 Å². The second-order valence-electron chi connectivity index (χ2n) is 9.08. The van der Waals surface area contributed by atoms with Crippen molar-refractivity contribution in [1.82, 2.24) is 10.2 Å². The average molecular weight is 436 g/mol. The molecule has 2 atom stereocenters. The topological polar surface area (TPSA) is 89.9 Å². The number of rotatable bonds is 9. The first kappa shape index (κ1) is 24.0. The number of nitrogens with zero attached hydrogens (tertiary/aromatic N) is 1. The van der Waals surface area contributed by atoms with Gasteiger partial charge in [0.25, 0.3) is 0 Å². The molecule has 2 aromatic carbocycles. The van der Waals surface area contributed by atoms with Gasteiger partial charge in [-0.1, -0.05) is 68.4 Å². The Bertz CT molecular complexity index is 904. The van der Waals surface area contributed by atoms with E-state index in [9.17, 15) is 19.6 Å². The van der Waals surface area contributed by atoms with Crippen LogP contribution in [0.4, 0.5) is 0 Å². The van der Waals surface area contributed by atoms with E-state index in [1.54, 1.807) is 0 Å². The summed E-state index contributed by atoms with van der Waals surface area (Å²) in [6.07, 6.45) is 1.75. The molecule has 32 heavy (non-hydrogen) atoms. The fourth-order valence-corrected chi connectivity index (χ4v) is 4.27. The third-order valence-corrected chi connectivity index (χ3v) is 6.01. The molecule has 0 saturated heterocycles. The van der Waals surface area contributed by atoms with Crippen molar-refractivity contribution in [3.63, 3.8) is 0 Å². The highest BCUT2D eigenvalue weighted by molar-refractivity contribution is 6.43. The van der Waals surface area contributed by atoms with E-state index < -0.39 is 19.0 Å². The van der Waals surface area contributed by atoms with Gasteiger partial charge in [-0.25, -0.2) is 0 Å². The minimum atomic E-state index is -1.65. The Morgan fingerprint density at radius 1 is 1.03 bits per heavy atom. The third-order valence-electron chi connectivity index (χ3n) is 6.01. The van der Waals surface area contributed by atoms with Crippen molar-refractivity contribution in [2.75, 3.05) is 6.54 Å². The highest BCUT2D eigenvalue weighted by Crippen LogP contribution is 2.22. The lowest BCUT2D eigenvalue weighted by Crippen LogP contribution is -2.50. The largest absolute Gasteiger partial charge is 0.475 e. The fourth-order valence-electron chi connectivity index (χ4n) is 4.27. The molecule has 3 rings (SSSR count). The van der Waals surface area contributed by atoms with Crippen LogP contribution in [-0.4, -0.2) is 46.4 Å². The summed E-state index contributed by atoms with van der Waals surface area (Å²) in [5, 5.41) is 22.2. The number of amides is 2. The van der Waals surface area contributed by atoms with E-state index >= 15 is 0 Å². The Morgan fingerprint density at radius 3 is 2.34 bits per heavy atom. The molecule has 0 fully saturated rings. The van der Waals surface area contributed by atoms with Crippen LogP contribution in [0.25, 0.3) is 0 Å². The molecule has 170 valence electrons. The molecule has 0 unspecified atom stereocenters. The first-order valence-electron chi connectivity index (χ1n) is 11.4. The van der Waals surface area contributed by atoms with Crippen molar-refractivity contribution < 1.29 is 19.6 Å². The van der Waals surface area contributed by atoms with E-state index in [0.717, 1.165) is 17.5 Å². The van der Waals surface area contributed by atoms with Gasteiger partial charge in [-0.3, -0.25) is 9.59 Å². The van der Waals surface area contributed by atoms with Gasteiger partial charge in [0.1, 0.15) is 0 Å². The molecule has 0 radical (unpaired) electrons. The number of carbonyl (C=O) groups is 2. The molecule has 2 aromatic rings. The van der Waals surface area contributed by atoms with Gasteiger partial charge in [-0.2, -0.15) is 0 Å². The van der Waals surface area contributed by atoms with Crippen LogP contribution in [0, 0.1) is 11.8 Å². The summed E-state index contributed by atoms with van der Waals surface area (Å²) in [6.45, 7) is 5.11. The summed E-state index contributed by atoms with van der Waals surface area (Å²) < 4.78 is 0. The second kappa shape index (κ2) is 11.3. The summed E-state index contributed by atoms with van der Waals surface area (Å²) in [4.78, 5) is 28.1. The Kier molecular flexibility index (Phi) is 8.48. The third kappa shape index (κ3) is 6.68. The van der Waals surface area contributed by atoms with Gasteiger partial charge in [0.05, 0.1) is 11.9 Å². The number of hydrogen-bond acceptors (Lipinski definition) is 4. The summed E-state index contributed by atoms with van der Waals surface area (Å²) in [5.41, 5.74) is 3.38. The molecule has 1 heterocycles. The molecule has 0 bridgehead atoms. The molecule has 7 heteroatoms. The minimum Gasteiger partial charge on any atom is -0.426 e. The molecule has 3 N–H and O–H groups in total. The highest BCUT2D eigenvalue weighted by Gasteiger charge is 2.31. The van der Waals surface area contributed by atoms with Gasteiger partial charge in [0, 0.05) is 19.5 Å². The molecular formula is C25H33BN2O4. The van der Waals surface area contributed by atoms with Gasteiger partial charge in [-0.05, 0) is 41.9 Å². The van der Waals surface area contributed by atoms with Crippen LogP contribution in [0.3, 0.4) is 0 Å². The van der Waals surface area contributed by atoms with Crippen molar-refractivity contribution >= 4 is 18.9 Å². The van der Waals surface area contributed by atoms with Crippen molar-refractivity contribution in [2.45, 2.75) is 52.0 Å². The minimum absolute atomic E-state index is 0.0551. The van der Waals surface area contributed by atoms with E-state index in [0.29, 0.717) is 25.9 Å². The molecule has 0 aromatic heterocycles. The zero-order valence-electron chi connectivity index (χ0n) is 18.9. The first-order valence-corrected chi connectivity index (χ1v) is 11.4. The molecule has 0 spiro atoms. The predicted octanol–water partition coefficient (Wildman–Crippen LogP) is 2.36. The Labute approximate surface area is 190 Å². The maximum atomic E-state index is 13.2. The summed E-state index contributed by atoms with van der Waals surface area (Å²) in [7, 11) is -1.65. The van der Waals surface area contributed by atoms with Gasteiger partial charge >= 0.3 is 7.12 Å². The van der Waals surface area contributed by atoms with Gasteiger partial charge < -0.3 is 20.3 Å². The molecule has 6 nitrogen and oxygen atoms in total. The normalized spacial score (nSPS) is 15.1. The van der Waals surface area contributed by atoms with E-state index in [4.69, 9.17) is 0 Å². The molecule has 0 aliphatic carbocycles. The lowest BCUT2D eigenvalue weighted by atomic mass is 9.74. The fraction of sp³-hybridized carbons (Fsp3) is 0.440. The number of nitrogens with one attached hydrogen (secondary N) is 1. The van der Waals surface area contributed by atoms with Crippen LogP contribution in [0.5, 0.6) is 0 Å². The predicted molar refractivity (Wildman–Crippen MR) is 125 cm³/mol. The smallest absolute Gasteiger partial charge is 0.426 e. The van der Waals surface area contributed by atoms with Crippen molar-refractivity contribution in [3.05, 3.63) is 71.3 Å². The summed E-state index contributed by atoms with van der Waals surface area (Å²) in [5.74, 6) is -1.54. The number of benzene rings is 2. The Morgan fingerprint density at radius 2 is 1.69 bits per heavy atom. The quantitative estimate of drug-likeness (QED) is 0.527. The molecular weight excluding hydrogens is 403 g/mol. The summed E-state index contributed by atoms with van der Waals surface area (Å²) >= 11 is 0. The molecule has 1 aliphatic rings. The Hall–Kier alpha value is -2.64. The van der Waals surface area contributed by atoms with Gasteiger partial charge in [-0.15, -0.1) is 0 Å². The van der Waals surface area contributed by atoms with Crippen LogP contribution < -0.4 is 5.32 Å². The summed E-state index contributed by atoms with van der Waals surface area (Å²) in [6, 6.07) is 17.7. The number of hydrogen-bond donors (Lipinski definition) is 3. The Balaban J connectivity index is 1.72. The first-order chi connectivity index (χ1) is 15.3. The van der Waals surface area contributed by atoms with E-state index in [1.165, 1.54) is 5.56 Å². The molecule has 0 saturated carbocycles. The monoisotopic (exact) mass is 436 g/mol. The lowest BCUT2D eigenvalue weighted by Gasteiger charge is -2.30. The van der Waals surface area contributed by atoms with Crippen LogP contribution in [-0.2, 0) is 29.0 Å². The van der Waals surface area contributed by atoms with Gasteiger partial charge in [0.2, 0.25) is 11.8 Å². The standard InChI is InChI=1S/C25H33BN2O4/c1-18(2)14-23(26(31)32)27-25(30)22(15-19-8-4-3-5-9-19)16-24(29)28-13-12-20-10-6-7-11-21(20)17-28/h3-11,18,22-23,31-32H,12-17H2,1-2H3,(H,27,30)/t22-,23+/m1/s1. The number of carbonyl (C=O) groups excluding carboxylic acids is 2.